The molecule has 106 valence electrons. The highest BCUT2D eigenvalue weighted by atomic mass is 32.1. The van der Waals surface area contributed by atoms with Gasteiger partial charge in [-0.3, -0.25) is 0 Å². The number of benzene rings is 2. The van der Waals surface area contributed by atoms with Gasteiger partial charge >= 0.3 is 0 Å². The first kappa shape index (κ1) is 13.9. The minimum Gasteiger partial charge on any atom is -0.326 e. The zero-order valence-electron chi connectivity index (χ0n) is 11.6. The fourth-order valence-corrected chi connectivity index (χ4v) is 3.12. The van der Waals surface area contributed by atoms with E-state index in [1.54, 1.807) is 23.5 Å². The van der Waals surface area contributed by atoms with Crippen LogP contribution in [-0.4, -0.2) is 4.98 Å². The predicted molar refractivity (Wildman–Crippen MR) is 85.6 cm³/mol. The van der Waals surface area contributed by atoms with Gasteiger partial charge in [0.1, 0.15) is 10.8 Å². The minimum atomic E-state index is -0.232. The molecule has 2 nitrogen and oxygen atoms in total. The van der Waals surface area contributed by atoms with E-state index in [4.69, 9.17) is 10.7 Å². The smallest absolute Gasteiger partial charge is 0.124 e. The van der Waals surface area contributed by atoms with Gasteiger partial charge in [0.15, 0.2) is 0 Å². The van der Waals surface area contributed by atoms with Crippen molar-refractivity contribution in [3.05, 3.63) is 64.8 Å². The molecule has 0 saturated carbocycles. The van der Waals surface area contributed by atoms with E-state index in [2.05, 4.69) is 0 Å². The van der Waals surface area contributed by atoms with Crippen LogP contribution in [0.4, 0.5) is 4.39 Å². The minimum absolute atomic E-state index is 0.232. The monoisotopic (exact) mass is 298 g/mol. The van der Waals surface area contributed by atoms with Crippen molar-refractivity contribution in [2.75, 3.05) is 0 Å². The third-order valence-electron chi connectivity index (χ3n) is 3.35. The van der Waals surface area contributed by atoms with Crippen LogP contribution < -0.4 is 5.73 Å². The lowest BCUT2D eigenvalue weighted by Crippen LogP contribution is -1.95. The first-order chi connectivity index (χ1) is 10.2. The van der Waals surface area contributed by atoms with Gasteiger partial charge in [-0.15, -0.1) is 11.3 Å². The summed E-state index contributed by atoms with van der Waals surface area (Å²) >= 11 is 1.64. The summed E-state index contributed by atoms with van der Waals surface area (Å²) in [4.78, 5) is 5.82. The summed E-state index contributed by atoms with van der Waals surface area (Å²) in [7, 11) is 0. The van der Waals surface area contributed by atoms with Crippen LogP contribution in [0.5, 0.6) is 0 Å². The summed E-state index contributed by atoms with van der Waals surface area (Å²) in [6.45, 7) is 2.58. The molecule has 2 N–H and O–H groups in total. The van der Waals surface area contributed by atoms with Gasteiger partial charge < -0.3 is 5.73 Å². The van der Waals surface area contributed by atoms with E-state index in [0.29, 0.717) is 6.54 Å². The van der Waals surface area contributed by atoms with Gasteiger partial charge in [-0.2, -0.15) is 0 Å². The molecular formula is C17H15FN2S. The Morgan fingerprint density at radius 2 is 1.62 bits per heavy atom. The molecule has 0 atom stereocenters. The van der Waals surface area contributed by atoms with Gasteiger partial charge in [-0.1, -0.05) is 24.3 Å². The van der Waals surface area contributed by atoms with Crippen LogP contribution in [0, 0.1) is 12.7 Å². The molecule has 0 aliphatic carbocycles. The second kappa shape index (κ2) is 5.76. The van der Waals surface area contributed by atoms with Crippen molar-refractivity contribution in [1.29, 1.82) is 0 Å². The average molecular weight is 298 g/mol. The van der Waals surface area contributed by atoms with Crippen molar-refractivity contribution >= 4 is 11.3 Å². The lowest BCUT2D eigenvalue weighted by Gasteiger charge is -1.99. The molecule has 21 heavy (non-hydrogen) atoms. The van der Waals surface area contributed by atoms with Crippen molar-refractivity contribution in [2.24, 2.45) is 5.73 Å². The SMILES string of the molecule is Cc1sc(-c2ccc(CN)cc2)nc1-c1ccc(F)cc1. The van der Waals surface area contributed by atoms with E-state index in [1.165, 1.54) is 12.1 Å². The number of rotatable bonds is 3. The Balaban J connectivity index is 1.98. The summed E-state index contributed by atoms with van der Waals surface area (Å²) in [6.07, 6.45) is 0. The molecule has 0 fully saturated rings. The molecule has 0 unspecified atom stereocenters. The van der Waals surface area contributed by atoms with E-state index in [1.807, 2.05) is 31.2 Å². The standard InChI is InChI=1S/C17H15FN2S/c1-11-16(13-6-8-15(18)9-7-13)20-17(21-11)14-4-2-12(10-19)3-5-14/h2-9H,10,19H2,1H3. The van der Waals surface area contributed by atoms with Gasteiger partial charge in [0.05, 0.1) is 5.69 Å². The van der Waals surface area contributed by atoms with Gasteiger partial charge in [0.2, 0.25) is 0 Å². The second-order valence-corrected chi connectivity index (χ2v) is 6.03. The highest BCUT2D eigenvalue weighted by Gasteiger charge is 2.11. The maximum absolute atomic E-state index is 13.0. The van der Waals surface area contributed by atoms with E-state index < -0.39 is 0 Å². The highest BCUT2D eigenvalue weighted by molar-refractivity contribution is 7.15. The molecule has 0 amide bonds. The van der Waals surface area contributed by atoms with Crippen LogP contribution in [0.3, 0.4) is 0 Å². The number of halogens is 1. The number of nitrogens with two attached hydrogens (primary N) is 1. The Hall–Kier alpha value is -2.04. The molecule has 0 saturated heterocycles. The van der Waals surface area contributed by atoms with Crippen molar-refractivity contribution in [3.63, 3.8) is 0 Å². The highest BCUT2D eigenvalue weighted by Crippen LogP contribution is 2.33. The van der Waals surface area contributed by atoms with E-state index in [0.717, 1.165) is 32.3 Å². The largest absolute Gasteiger partial charge is 0.326 e. The number of nitrogens with zero attached hydrogens (tertiary/aromatic N) is 1. The van der Waals surface area contributed by atoms with Crippen molar-refractivity contribution < 1.29 is 4.39 Å². The number of aromatic nitrogens is 1. The third-order valence-corrected chi connectivity index (χ3v) is 4.37. The topological polar surface area (TPSA) is 38.9 Å². The maximum Gasteiger partial charge on any atom is 0.124 e. The molecule has 4 heteroatoms. The third kappa shape index (κ3) is 2.86. The van der Waals surface area contributed by atoms with Gasteiger partial charge in [-0.05, 0) is 36.8 Å². The van der Waals surface area contributed by atoms with Crippen molar-refractivity contribution in [2.45, 2.75) is 13.5 Å². The zero-order valence-corrected chi connectivity index (χ0v) is 12.5. The molecule has 0 aliphatic heterocycles. The quantitative estimate of drug-likeness (QED) is 0.779. The van der Waals surface area contributed by atoms with Crippen LogP contribution in [0.25, 0.3) is 21.8 Å². The molecule has 3 rings (SSSR count). The summed E-state index contributed by atoms with van der Waals surface area (Å²) in [5.41, 5.74) is 9.65. The average Bonchev–Trinajstić information content (AvgIpc) is 2.90. The number of thiazole rings is 1. The van der Waals surface area contributed by atoms with Crippen LogP contribution in [-0.2, 0) is 6.54 Å². The predicted octanol–water partition coefficient (Wildman–Crippen LogP) is 4.38. The molecule has 0 spiro atoms. The summed E-state index contributed by atoms with van der Waals surface area (Å²) < 4.78 is 13.0. The van der Waals surface area contributed by atoms with Crippen molar-refractivity contribution in [1.82, 2.24) is 4.98 Å². The lowest BCUT2D eigenvalue weighted by atomic mass is 10.1. The molecule has 1 aromatic heterocycles. The second-order valence-electron chi connectivity index (χ2n) is 4.83. The molecule has 0 bridgehead atoms. The summed E-state index contributed by atoms with van der Waals surface area (Å²) in [5.74, 6) is -0.232. The Bertz CT molecular complexity index is 745. The maximum atomic E-state index is 13.0. The number of hydrogen-bond acceptors (Lipinski definition) is 3. The van der Waals surface area contributed by atoms with Crippen LogP contribution in [0.15, 0.2) is 48.5 Å². The van der Waals surface area contributed by atoms with E-state index in [9.17, 15) is 4.39 Å². The Kier molecular flexibility index (Phi) is 3.82. The molecule has 1 heterocycles. The van der Waals surface area contributed by atoms with Gasteiger partial charge in [0.25, 0.3) is 0 Å². The summed E-state index contributed by atoms with van der Waals surface area (Å²) in [6, 6.07) is 14.6. The summed E-state index contributed by atoms with van der Waals surface area (Å²) in [5, 5.41) is 0.968. The molecule has 2 aromatic carbocycles. The van der Waals surface area contributed by atoms with Gasteiger partial charge in [-0.25, -0.2) is 9.37 Å². The normalized spacial score (nSPS) is 10.8. The van der Waals surface area contributed by atoms with Crippen LogP contribution >= 0.6 is 11.3 Å². The fourth-order valence-electron chi connectivity index (χ4n) is 2.18. The van der Waals surface area contributed by atoms with Crippen LogP contribution in [0.1, 0.15) is 10.4 Å². The Morgan fingerprint density at radius 1 is 1.00 bits per heavy atom. The van der Waals surface area contributed by atoms with E-state index >= 15 is 0 Å². The molecular weight excluding hydrogens is 283 g/mol. The first-order valence-corrected chi connectivity index (χ1v) is 7.52. The molecule has 0 aliphatic rings. The lowest BCUT2D eigenvalue weighted by molar-refractivity contribution is 0.628. The van der Waals surface area contributed by atoms with Crippen LogP contribution in [0.2, 0.25) is 0 Å². The Labute approximate surface area is 127 Å². The first-order valence-electron chi connectivity index (χ1n) is 6.70. The van der Waals surface area contributed by atoms with Gasteiger partial charge in [0, 0.05) is 22.5 Å². The number of aryl methyl sites for hydroxylation is 1. The fraction of sp³-hybridized carbons (Fsp3) is 0.118. The van der Waals surface area contributed by atoms with Crippen molar-refractivity contribution in [3.8, 4) is 21.8 Å². The number of hydrogen-bond donors (Lipinski definition) is 1. The zero-order chi connectivity index (χ0) is 14.8. The molecule has 3 aromatic rings. The van der Waals surface area contributed by atoms with E-state index in [-0.39, 0.29) is 5.82 Å². The Morgan fingerprint density at radius 3 is 2.24 bits per heavy atom. The molecule has 0 radical (unpaired) electrons.